The van der Waals surface area contributed by atoms with E-state index in [0.717, 1.165) is 11.3 Å². The van der Waals surface area contributed by atoms with E-state index in [1.54, 1.807) is 25.3 Å². The van der Waals surface area contributed by atoms with E-state index in [1.165, 1.54) is 6.07 Å². The van der Waals surface area contributed by atoms with E-state index in [9.17, 15) is 4.39 Å². The van der Waals surface area contributed by atoms with Crippen molar-refractivity contribution in [3.63, 3.8) is 0 Å². The second kappa shape index (κ2) is 4.94. The molecule has 20 heavy (non-hydrogen) atoms. The molecule has 0 aliphatic carbocycles. The zero-order chi connectivity index (χ0) is 14.1. The first-order valence-corrected chi connectivity index (χ1v) is 6.28. The SMILES string of the molecule is Cc1cc(-c2cnc(-c3ccc(CN)o3)[nH]2)ccc1F. The molecule has 3 N–H and O–H groups in total. The van der Waals surface area contributed by atoms with Gasteiger partial charge < -0.3 is 15.1 Å². The van der Waals surface area contributed by atoms with Crippen LogP contribution >= 0.6 is 0 Å². The number of halogens is 1. The van der Waals surface area contributed by atoms with Gasteiger partial charge in [0.2, 0.25) is 0 Å². The predicted octanol–water partition coefficient (Wildman–Crippen LogP) is 3.24. The minimum Gasteiger partial charge on any atom is -0.456 e. The lowest BCUT2D eigenvalue weighted by Crippen LogP contribution is -1.92. The Labute approximate surface area is 115 Å². The van der Waals surface area contributed by atoms with Crippen LogP contribution < -0.4 is 5.73 Å². The molecule has 5 heteroatoms. The van der Waals surface area contributed by atoms with Crippen LogP contribution in [0.2, 0.25) is 0 Å². The van der Waals surface area contributed by atoms with Crippen LogP contribution in [0.25, 0.3) is 22.8 Å². The highest BCUT2D eigenvalue weighted by atomic mass is 19.1. The number of rotatable bonds is 3. The Hall–Kier alpha value is -2.40. The molecule has 102 valence electrons. The Morgan fingerprint density at radius 2 is 2.15 bits per heavy atom. The molecule has 0 spiro atoms. The number of nitrogens with two attached hydrogens (primary N) is 1. The lowest BCUT2D eigenvalue weighted by molar-refractivity contribution is 0.522. The summed E-state index contributed by atoms with van der Waals surface area (Å²) in [7, 11) is 0. The monoisotopic (exact) mass is 271 g/mol. The summed E-state index contributed by atoms with van der Waals surface area (Å²) in [5, 5.41) is 0. The lowest BCUT2D eigenvalue weighted by atomic mass is 10.1. The second-order valence-corrected chi connectivity index (χ2v) is 4.58. The topological polar surface area (TPSA) is 67.8 Å². The van der Waals surface area contributed by atoms with Gasteiger partial charge in [-0.25, -0.2) is 9.37 Å². The maximum atomic E-state index is 13.3. The summed E-state index contributed by atoms with van der Waals surface area (Å²) < 4.78 is 18.8. The van der Waals surface area contributed by atoms with Crippen LogP contribution in [0, 0.1) is 12.7 Å². The minimum atomic E-state index is -0.216. The molecule has 0 radical (unpaired) electrons. The number of nitrogens with one attached hydrogen (secondary N) is 1. The highest BCUT2D eigenvalue weighted by Crippen LogP contribution is 2.24. The molecule has 3 rings (SSSR count). The molecule has 1 aromatic carbocycles. The zero-order valence-electron chi connectivity index (χ0n) is 11.0. The quantitative estimate of drug-likeness (QED) is 0.768. The molecule has 0 amide bonds. The molecular formula is C15H14FN3O. The van der Waals surface area contributed by atoms with Gasteiger partial charge in [-0.05, 0) is 42.8 Å². The Balaban J connectivity index is 1.95. The molecule has 0 saturated heterocycles. The summed E-state index contributed by atoms with van der Waals surface area (Å²) in [6.07, 6.45) is 1.70. The maximum absolute atomic E-state index is 13.3. The van der Waals surface area contributed by atoms with Crippen LogP contribution in [-0.4, -0.2) is 9.97 Å². The van der Waals surface area contributed by atoms with Gasteiger partial charge in [0.15, 0.2) is 11.6 Å². The number of nitrogens with zero attached hydrogens (tertiary/aromatic N) is 1. The maximum Gasteiger partial charge on any atom is 0.173 e. The first kappa shape index (κ1) is 12.6. The first-order chi connectivity index (χ1) is 9.67. The fourth-order valence-electron chi connectivity index (χ4n) is 2.02. The largest absolute Gasteiger partial charge is 0.456 e. The number of hydrogen-bond acceptors (Lipinski definition) is 3. The number of benzene rings is 1. The molecule has 0 fully saturated rings. The Morgan fingerprint density at radius 1 is 1.30 bits per heavy atom. The van der Waals surface area contributed by atoms with E-state index < -0.39 is 0 Å². The Bertz CT molecular complexity index is 745. The summed E-state index contributed by atoms with van der Waals surface area (Å²) in [6, 6.07) is 8.58. The number of H-pyrrole nitrogens is 1. The number of aromatic nitrogens is 2. The predicted molar refractivity (Wildman–Crippen MR) is 74.3 cm³/mol. The standard InChI is InChI=1S/C15H14FN3O/c1-9-6-10(2-4-12(9)16)13-8-18-15(19-13)14-5-3-11(7-17)20-14/h2-6,8H,7,17H2,1H3,(H,18,19). The van der Waals surface area contributed by atoms with E-state index in [1.807, 2.05) is 12.1 Å². The molecule has 2 heterocycles. The van der Waals surface area contributed by atoms with Crippen molar-refractivity contribution in [3.8, 4) is 22.8 Å². The van der Waals surface area contributed by atoms with Gasteiger partial charge in [-0.3, -0.25) is 0 Å². The summed E-state index contributed by atoms with van der Waals surface area (Å²) in [4.78, 5) is 7.44. The van der Waals surface area contributed by atoms with Crippen molar-refractivity contribution < 1.29 is 8.81 Å². The number of hydrogen-bond donors (Lipinski definition) is 2. The first-order valence-electron chi connectivity index (χ1n) is 6.28. The molecule has 3 aromatic rings. The van der Waals surface area contributed by atoms with E-state index >= 15 is 0 Å². The molecule has 0 aliphatic heterocycles. The molecule has 0 unspecified atom stereocenters. The van der Waals surface area contributed by atoms with Crippen molar-refractivity contribution >= 4 is 0 Å². The van der Waals surface area contributed by atoms with Crippen molar-refractivity contribution in [3.05, 3.63) is 53.7 Å². The molecule has 0 aliphatic rings. The van der Waals surface area contributed by atoms with E-state index in [0.29, 0.717) is 29.5 Å². The normalized spacial score (nSPS) is 10.9. The van der Waals surface area contributed by atoms with E-state index in [-0.39, 0.29) is 5.82 Å². The fraction of sp³-hybridized carbons (Fsp3) is 0.133. The molecule has 0 atom stereocenters. The van der Waals surface area contributed by atoms with Gasteiger partial charge in [-0.2, -0.15) is 0 Å². The van der Waals surface area contributed by atoms with Crippen LogP contribution in [0.4, 0.5) is 4.39 Å². The van der Waals surface area contributed by atoms with Crippen LogP contribution in [-0.2, 0) is 6.54 Å². The summed E-state index contributed by atoms with van der Waals surface area (Å²) in [5.74, 6) is 1.75. The molecule has 0 bridgehead atoms. The molecule has 0 saturated carbocycles. The Kier molecular flexibility index (Phi) is 3.12. The van der Waals surface area contributed by atoms with E-state index in [2.05, 4.69) is 9.97 Å². The average Bonchev–Trinajstić information content (AvgIpc) is 3.09. The Morgan fingerprint density at radius 3 is 2.85 bits per heavy atom. The van der Waals surface area contributed by atoms with Gasteiger partial charge >= 0.3 is 0 Å². The average molecular weight is 271 g/mol. The molecule has 4 nitrogen and oxygen atoms in total. The van der Waals surface area contributed by atoms with Crippen LogP contribution in [0.5, 0.6) is 0 Å². The zero-order valence-corrected chi connectivity index (χ0v) is 11.0. The number of aromatic amines is 1. The number of aryl methyl sites for hydroxylation is 1. The molecular weight excluding hydrogens is 257 g/mol. The van der Waals surface area contributed by atoms with Gasteiger partial charge in [0.25, 0.3) is 0 Å². The van der Waals surface area contributed by atoms with Crippen molar-refractivity contribution in [2.45, 2.75) is 13.5 Å². The van der Waals surface area contributed by atoms with Crippen molar-refractivity contribution in [1.29, 1.82) is 0 Å². The minimum absolute atomic E-state index is 0.216. The third kappa shape index (κ3) is 2.23. The summed E-state index contributed by atoms with van der Waals surface area (Å²) in [5.41, 5.74) is 7.80. The highest BCUT2D eigenvalue weighted by molar-refractivity contribution is 5.63. The third-order valence-corrected chi connectivity index (χ3v) is 3.14. The number of furan rings is 1. The van der Waals surface area contributed by atoms with Crippen LogP contribution in [0.1, 0.15) is 11.3 Å². The highest BCUT2D eigenvalue weighted by Gasteiger charge is 2.10. The van der Waals surface area contributed by atoms with Gasteiger partial charge in [0.1, 0.15) is 11.6 Å². The summed E-state index contributed by atoms with van der Waals surface area (Å²) in [6.45, 7) is 2.08. The molecule has 2 aromatic heterocycles. The van der Waals surface area contributed by atoms with Crippen LogP contribution in [0.3, 0.4) is 0 Å². The lowest BCUT2D eigenvalue weighted by Gasteiger charge is -2.00. The van der Waals surface area contributed by atoms with Crippen molar-refractivity contribution in [2.75, 3.05) is 0 Å². The van der Waals surface area contributed by atoms with Crippen molar-refractivity contribution in [2.24, 2.45) is 5.73 Å². The van der Waals surface area contributed by atoms with Gasteiger partial charge in [0.05, 0.1) is 18.4 Å². The van der Waals surface area contributed by atoms with Gasteiger partial charge in [-0.1, -0.05) is 0 Å². The number of imidazole rings is 1. The van der Waals surface area contributed by atoms with Gasteiger partial charge in [0, 0.05) is 5.56 Å². The van der Waals surface area contributed by atoms with Crippen molar-refractivity contribution in [1.82, 2.24) is 9.97 Å². The smallest absolute Gasteiger partial charge is 0.173 e. The fourth-order valence-corrected chi connectivity index (χ4v) is 2.02. The van der Waals surface area contributed by atoms with Gasteiger partial charge in [-0.15, -0.1) is 0 Å². The summed E-state index contributed by atoms with van der Waals surface area (Å²) >= 11 is 0. The van der Waals surface area contributed by atoms with E-state index in [4.69, 9.17) is 10.2 Å². The second-order valence-electron chi connectivity index (χ2n) is 4.58. The van der Waals surface area contributed by atoms with Crippen LogP contribution in [0.15, 0.2) is 40.9 Å². The third-order valence-electron chi connectivity index (χ3n) is 3.14.